The van der Waals surface area contributed by atoms with Crippen LogP contribution in [0, 0.1) is 6.92 Å². The number of carbonyl (C=O) groups is 2. The van der Waals surface area contributed by atoms with Crippen LogP contribution in [-0.4, -0.2) is 27.5 Å². The predicted octanol–water partition coefficient (Wildman–Crippen LogP) is 4.66. The van der Waals surface area contributed by atoms with Crippen molar-refractivity contribution < 1.29 is 14.3 Å². The van der Waals surface area contributed by atoms with E-state index >= 15 is 0 Å². The third kappa shape index (κ3) is 4.88. The van der Waals surface area contributed by atoms with Gasteiger partial charge in [0, 0.05) is 10.2 Å². The molecule has 1 fully saturated rings. The maximum atomic E-state index is 13.0. The lowest BCUT2D eigenvalue weighted by Gasteiger charge is -2.21. The Morgan fingerprint density at radius 3 is 2.65 bits per heavy atom. The fraction of sp³-hybridized carbons (Fsp3) is 0.364. The molecule has 0 spiro atoms. The minimum atomic E-state index is -0.397. The summed E-state index contributed by atoms with van der Waals surface area (Å²) in [6.07, 6.45) is 6.36. The molecule has 7 nitrogen and oxygen atoms in total. The van der Waals surface area contributed by atoms with Gasteiger partial charge >= 0.3 is 5.97 Å². The summed E-state index contributed by atoms with van der Waals surface area (Å²) in [7, 11) is 0. The van der Waals surface area contributed by atoms with Crippen molar-refractivity contribution in [1.82, 2.24) is 9.55 Å². The van der Waals surface area contributed by atoms with Crippen molar-refractivity contribution in [2.75, 3.05) is 5.32 Å². The van der Waals surface area contributed by atoms with Gasteiger partial charge in [0.15, 0.2) is 0 Å². The molecule has 0 bridgehead atoms. The van der Waals surface area contributed by atoms with Crippen LogP contribution < -0.4 is 10.9 Å². The van der Waals surface area contributed by atoms with Gasteiger partial charge in [0.2, 0.25) is 5.91 Å². The lowest BCUT2D eigenvalue weighted by Crippen LogP contribution is -2.28. The number of hydrogen-bond donors (Lipinski definition) is 1. The Labute approximate surface area is 191 Å². The molecular weight excluding hydrogens is 482 g/mol. The van der Waals surface area contributed by atoms with Crippen LogP contribution in [-0.2, 0) is 16.1 Å². The van der Waals surface area contributed by atoms with Gasteiger partial charge in [-0.25, -0.2) is 9.78 Å². The first-order valence-electron chi connectivity index (χ1n) is 10.2. The second-order valence-electron chi connectivity index (χ2n) is 7.63. The second kappa shape index (κ2) is 9.32. The number of ether oxygens (including phenoxy) is 1. The predicted molar refractivity (Wildman–Crippen MR) is 124 cm³/mol. The Hall–Kier alpha value is -2.52. The zero-order valence-corrected chi connectivity index (χ0v) is 19.4. The van der Waals surface area contributed by atoms with Gasteiger partial charge < -0.3 is 10.1 Å². The molecule has 1 aliphatic rings. The first-order chi connectivity index (χ1) is 14.9. The number of anilines is 1. The number of esters is 1. The number of nitrogens with one attached hydrogen (secondary N) is 1. The van der Waals surface area contributed by atoms with E-state index < -0.39 is 5.97 Å². The molecule has 0 aliphatic heterocycles. The fourth-order valence-corrected chi connectivity index (χ4v) is 5.03. The molecule has 0 atom stereocenters. The van der Waals surface area contributed by atoms with Crippen LogP contribution in [0.2, 0.25) is 0 Å². The highest BCUT2D eigenvalue weighted by atomic mass is 79.9. The van der Waals surface area contributed by atoms with Crippen molar-refractivity contribution in [3.8, 4) is 0 Å². The molecule has 9 heteroatoms. The normalized spacial score (nSPS) is 14.5. The Morgan fingerprint density at radius 1 is 1.23 bits per heavy atom. The summed E-state index contributed by atoms with van der Waals surface area (Å²) < 4.78 is 7.83. The van der Waals surface area contributed by atoms with Crippen LogP contribution in [0.5, 0.6) is 0 Å². The number of aromatic nitrogens is 2. The maximum Gasteiger partial charge on any atom is 0.348 e. The summed E-state index contributed by atoms with van der Waals surface area (Å²) in [5.41, 5.74) is 0.845. The number of fused-ring (bicyclic) bond motifs is 1. The van der Waals surface area contributed by atoms with E-state index in [4.69, 9.17) is 4.74 Å². The topological polar surface area (TPSA) is 90.3 Å². The summed E-state index contributed by atoms with van der Waals surface area (Å²) in [6.45, 7) is 1.56. The van der Waals surface area contributed by atoms with E-state index in [0.29, 0.717) is 26.3 Å². The largest absolute Gasteiger partial charge is 0.458 e. The van der Waals surface area contributed by atoms with Crippen molar-refractivity contribution in [2.24, 2.45) is 0 Å². The Bertz CT molecular complexity index is 1180. The minimum Gasteiger partial charge on any atom is -0.458 e. The number of thiophene rings is 1. The average molecular weight is 504 g/mol. The van der Waals surface area contributed by atoms with E-state index in [1.807, 2.05) is 12.1 Å². The van der Waals surface area contributed by atoms with Crippen molar-refractivity contribution >= 4 is 55.0 Å². The highest BCUT2D eigenvalue weighted by molar-refractivity contribution is 9.10. The zero-order chi connectivity index (χ0) is 22.0. The monoisotopic (exact) mass is 503 g/mol. The number of nitrogens with zero attached hydrogens (tertiary/aromatic N) is 2. The molecule has 1 N–H and O–H groups in total. The fourth-order valence-electron chi connectivity index (χ4n) is 3.74. The molecule has 2 aromatic heterocycles. The number of hydrogen-bond acceptors (Lipinski definition) is 6. The van der Waals surface area contributed by atoms with Gasteiger partial charge in [-0.3, -0.25) is 14.2 Å². The number of halogens is 1. The van der Waals surface area contributed by atoms with Crippen LogP contribution in [0.15, 0.2) is 39.9 Å². The highest BCUT2D eigenvalue weighted by Gasteiger charge is 2.24. The Balaban J connectivity index is 1.53. The summed E-state index contributed by atoms with van der Waals surface area (Å²) in [4.78, 5) is 43.3. The molecule has 162 valence electrons. The van der Waals surface area contributed by atoms with E-state index in [1.54, 1.807) is 19.1 Å². The van der Waals surface area contributed by atoms with Gasteiger partial charge in [-0.2, -0.15) is 0 Å². The number of benzene rings is 1. The van der Waals surface area contributed by atoms with E-state index in [2.05, 4.69) is 26.2 Å². The molecule has 1 amide bonds. The third-order valence-corrected chi connectivity index (χ3v) is 7.08. The van der Waals surface area contributed by atoms with Gasteiger partial charge in [0.05, 0.1) is 11.7 Å². The number of aryl methyl sites for hydroxylation is 1. The van der Waals surface area contributed by atoms with Crippen LogP contribution in [0.25, 0.3) is 10.2 Å². The molecule has 1 saturated carbocycles. The SMILES string of the molecule is Cc1c(C(=O)OC2CCCCC2)sc2ncn(CC(=O)Nc3ccc(Br)cc3)c(=O)c12. The molecule has 1 aliphatic carbocycles. The summed E-state index contributed by atoms with van der Waals surface area (Å²) in [6, 6.07) is 7.16. The van der Waals surface area contributed by atoms with E-state index in [1.165, 1.54) is 17.3 Å². The van der Waals surface area contributed by atoms with Gasteiger partial charge in [0.25, 0.3) is 5.56 Å². The van der Waals surface area contributed by atoms with Gasteiger partial charge in [-0.15, -0.1) is 11.3 Å². The van der Waals surface area contributed by atoms with Crippen LogP contribution >= 0.6 is 27.3 Å². The summed E-state index contributed by atoms with van der Waals surface area (Å²) in [5.74, 6) is -0.735. The van der Waals surface area contributed by atoms with Crippen molar-refractivity contribution in [3.05, 3.63) is 55.9 Å². The maximum absolute atomic E-state index is 13.0. The quantitative estimate of drug-likeness (QED) is 0.511. The molecule has 0 radical (unpaired) electrons. The van der Waals surface area contributed by atoms with E-state index in [9.17, 15) is 14.4 Å². The zero-order valence-electron chi connectivity index (χ0n) is 17.0. The molecule has 31 heavy (non-hydrogen) atoms. The van der Waals surface area contributed by atoms with Gasteiger partial charge in [-0.1, -0.05) is 22.4 Å². The van der Waals surface area contributed by atoms with Crippen molar-refractivity contribution in [3.63, 3.8) is 0 Å². The van der Waals surface area contributed by atoms with E-state index in [-0.39, 0.29) is 24.1 Å². The lowest BCUT2D eigenvalue weighted by atomic mass is 9.98. The standard InChI is InChI=1S/C22H22BrN3O4S/c1-13-18-20(31-19(13)22(29)30-16-5-3-2-4-6-16)24-12-26(21(18)28)11-17(27)25-15-9-7-14(23)8-10-15/h7-10,12,16H,2-6,11H2,1H3,(H,25,27). The van der Waals surface area contributed by atoms with E-state index in [0.717, 1.165) is 41.5 Å². The molecule has 3 aromatic rings. The second-order valence-corrected chi connectivity index (χ2v) is 9.55. The van der Waals surface area contributed by atoms with Gasteiger partial charge in [0.1, 0.15) is 22.4 Å². The molecule has 1 aromatic carbocycles. The molecule has 0 saturated heterocycles. The average Bonchev–Trinajstić information content (AvgIpc) is 3.10. The van der Waals surface area contributed by atoms with Crippen LogP contribution in [0.1, 0.15) is 47.3 Å². The number of carbonyl (C=O) groups excluding carboxylic acids is 2. The van der Waals surface area contributed by atoms with Crippen LogP contribution in [0.3, 0.4) is 0 Å². The Morgan fingerprint density at radius 2 is 1.94 bits per heavy atom. The first kappa shape index (κ1) is 21.7. The van der Waals surface area contributed by atoms with Gasteiger partial charge in [-0.05, 0) is 62.4 Å². The number of amides is 1. The molecular formula is C22H22BrN3O4S. The highest BCUT2D eigenvalue weighted by Crippen LogP contribution is 2.29. The van der Waals surface area contributed by atoms with Crippen molar-refractivity contribution in [2.45, 2.75) is 51.7 Å². The Kier molecular flexibility index (Phi) is 6.52. The first-order valence-corrected chi connectivity index (χ1v) is 11.8. The smallest absolute Gasteiger partial charge is 0.348 e. The molecule has 2 heterocycles. The summed E-state index contributed by atoms with van der Waals surface area (Å²) >= 11 is 4.51. The van der Waals surface area contributed by atoms with Crippen LogP contribution in [0.4, 0.5) is 5.69 Å². The molecule has 0 unspecified atom stereocenters. The minimum absolute atomic E-state index is 0.0576. The molecule has 4 rings (SSSR count). The van der Waals surface area contributed by atoms with Crippen molar-refractivity contribution in [1.29, 1.82) is 0 Å². The number of rotatable bonds is 5. The lowest BCUT2D eigenvalue weighted by molar-refractivity contribution is -0.116. The third-order valence-electron chi connectivity index (χ3n) is 5.37. The summed E-state index contributed by atoms with van der Waals surface area (Å²) in [5, 5.41) is 3.12.